The van der Waals surface area contributed by atoms with E-state index in [4.69, 9.17) is 16.3 Å². The summed E-state index contributed by atoms with van der Waals surface area (Å²) in [6.07, 6.45) is -3.31. The maximum atomic E-state index is 12.8. The number of nitrogens with zero attached hydrogens (tertiary/aromatic N) is 4. The van der Waals surface area contributed by atoms with Crippen molar-refractivity contribution in [3.63, 3.8) is 0 Å². The highest BCUT2D eigenvalue weighted by molar-refractivity contribution is 6.33. The molecule has 0 amide bonds. The third-order valence-corrected chi connectivity index (χ3v) is 3.47. The molecule has 23 heavy (non-hydrogen) atoms. The molecule has 0 saturated heterocycles. The van der Waals surface area contributed by atoms with Gasteiger partial charge < -0.3 is 9.30 Å². The van der Waals surface area contributed by atoms with Crippen LogP contribution in [0.25, 0.3) is 11.2 Å². The van der Waals surface area contributed by atoms with Gasteiger partial charge in [0.15, 0.2) is 10.8 Å². The Bertz CT molecular complexity index is 863. The first-order valence-electron chi connectivity index (χ1n) is 6.47. The Morgan fingerprint density at radius 1 is 1.22 bits per heavy atom. The molecular formula is C14H10ClF3N4O. The van der Waals surface area contributed by atoms with Gasteiger partial charge in [0.05, 0.1) is 20.0 Å². The Morgan fingerprint density at radius 3 is 2.65 bits per heavy atom. The van der Waals surface area contributed by atoms with Gasteiger partial charge in [-0.1, -0.05) is 29.8 Å². The van der Waals surface area contributed by atoms with Gasteiger partial charge in [0.2, 0.25) is 5.82 Å². The number of halogens is 4. The second-order valence-corrected chi connectivity index (χ2v) is 5.05. The van der Waals surface area contributed by atoms with Crippen molar-refractivity contribution in [3.05, 3.63) is 47.1 Å². The lowest BCUT2D eigenvalue weighted by atomic mass is 10.2. The fourth-order valence-electron chi connectivity index (χ4n) is 2.17. The minimum Gasteiger partial charge on any atom is -0.496 e. The van der Waals surface area contributed by atoms with E-state index in [0.717, 1.165) is 5.56 Å². The molecule has 0 aliphatic rings. The van der Waals surface area contributed by atoms with Crippen LogP contribution in [0.5, 0.6) is 5.75 Å². The minimum atomic E-state index is -4.68. The highest BCUT2D eigenvalue weighted by Gasteiger charge is 2.36. The van der Waals surface area contributed by atoms with Gasteiger partial charge in [0.25, 0.3) is 0 Å². The van der Waals surface area contributed by atoms with Gasteiger partial charge in [-0.05, 0) is 6.07 Å². The fourth-order valence-corrected chi connectivity index (χ4v) is 2.38. The molecular weight excluding hydrogens is 333 g/mol. The molecule has 0 spiro atoms. The van der Waals surface area contributed by atoms with Crippen LogP contribution in [0.4, 0.5) is 13.2 Å². The summed E-state index contributed by atoms with van der Waals surface area (Å²) in [5.41, 5.74) is 0.912. The van der Waals surface area contributed by atoms with Crippen molar-refractivity contribution in [3.8, 4) is 5.75 Å². The molecule has 0 saturated carbocycles. The quantitative estimate of drug-likeness (QED) is 0.683. The molecule has 2 aromatic heterocycles. The van der Waals surface area contributed by atoms with E-state index in [2.05, 4.69) is 15.0 Å². The van der Waals surface area contributed by atoms with Gasteiger partial charge in [-0.15, -0.1) is 0 Å². The van der Waals surface area contributed by atoms with E-state index >= 15 is 0 Å². The number of imidazole rings is 1. The largest absolute Gasteiger partial charge is 0.496 e. The summed E-state index contributed by atoms with van der Waals surface area (Å²) in [6.45, 7) is 0.241. The molecule has 0 aliphatic heterocycles. The van der Waals surface area contributed by atoms with Crippen molar-refractivity contribution in [2.75, 3.05) is 7.11 Å². The van der Waals surface area contributed by atoms with Crippen LogP contribution in [0.2, 0.25) is 5.15 Å². The molecule has 3 aromatic rings. The average Bonchev–Trinajstić information content (AvgIpc) is 2.91. The molecule has 0 N–H and O–H groups in total. The van der Waals surface area contributed by atoms with E-state index in [-0.39, 0.29) is 22.9 Å². The molecule has 1 aromatic carbocycles. The molecule has 3 rings (SSSR count). The molecule has 9 heteroatoms. The number of ether oxygens (including phenoxy) is 1. The van der Waals surface area contributed by atoms with Crippen LogP contribution in [-0.4, -0.2) is 26.6 Å². The molecule has 0 aliphatic carbocycles. The zero-order valence-electron chi connectivity index (χ0n) is 11.8. The maximum Gasteiger partial charge on any atom is 0.451 e. The predicted molar refractivity (Wildman–Crippen MR) is 77.4 cm³/mol. The van der Waals surface area contributed by atoms with E-state index in [9.17, 15) is 13.2 Å². The summed E-state index contributed by atoms with van der Waals surface area (Å²) < 4.78 is 45.2. The van der Waals surface area contributed by atoms with Crippen molar-refractivity contribution in [1.29, 1.82) is 0 Å². The molecule has 0 bridgehead atoms. The van der Waals surface area contributed by atoms with Crippen LogP contribution in [-0.2, 0) is 12.7 Å². The highest BCUT2D eigenvalue weighted by atomic mass is 35.5. The number of hydrogen-bond donors (Lipinski definition) is 0. The maximum absolute atomic E-state index is 12.8. The first-order valence-corrected chi connectivity index (χ1v) is 6.85. The van der Waals surface area contributed by atoms with Gasteiger partial charge in [0.1, 0.15) is 11.3 Å². The molecule has 0 atom stereocenters. The lowest BCUT2D eigenvalue weighted by molar-refractivity contribution is -0.144. The zero-order valence-corrected chi connectivity index (χ0v) is 12.6. The molecule has 0 fully saturated rings. The van der Waals surface area contributed by atoms with Gasteiger partial charge in [-0.25, -0.2) is 15.0 Å². The van der Waals surface area contributed by atoms with E-state index in [0.29, 0.717) is 5.75 Å². The SMILES string of the molecule is COc1ccccc1Cn1cnc2c(Cl)nc(C(F)(F)F)nc21. The van der Waals surface area contributed by atoms with E-state index in [1.165, 1.54) is 18.0 Å². The summed E-state index contributed by atoms with van der Waals surface area (Å²) in [4.78, 5) is 10.8. The number of aromatic nitrogens is 4. The fraction of sp³-hybridized carbons (Fsp3) is 0.214. The molecule has 120 valence electrons. The van der Waals surface area contributed by atoms with Crippen molar-refractivity contribution in [2.45, 2.75) is 12.7 Å². The van der Waals surface area contributed by atoms with Crippen LogP contribution in [0.3, 0.4) is 0 Å². The van der Waals surface area contributed by atoms with E-state index in [1.54, 1.807) is 24.3 Å². The Balaban J connectivity index is 2.10. The van der Waals surface area contributed by atoms with E-state index < -0.39 is 12.0 Å². The Labute approximate surface area is 133 Å². The summed E-state index contributed by atoms with van der Waals surface area (Å²) in [7, 11) is 1.52. The predicted octanol–water partition coefficient (Wildman–Crippen LogP) is 3.56. The van der Waals surface area contributed by atoms with Crippen LogP contribution in [0.1, 0.15) is 11.4 Å². The van der Waals surface area contributed by atoms with Crippen LogP contribution in [0, 0.1) is 0 Å². The normalized spacial score (nSPS) is 11.9. The standard InChI is InChI=1S/C14H10ClF3N4O/c1-23-9-5-3-2-4-8(9)6-22-7-19-10-11(15)20-13(14(16,17)18)21-12(10)22/h2-5,7H,6H2,1H3. The van der Waals surface area contributed by atoms with Crippen molar-refractivity contribution in [2.24, 2.45) is 0 Å². The third kappa shape index (κ3) is 2.94. The summed E-state index contributed by atoms with van der Waals surface area (Å²) in [6, 6.07) is 7.17. The lowest BCUT2D eigenvalue weighted by Crippen LogP contribution is -2.12. The minimum absolute atomic E-state index is 0.0169. The van der Waals surface area contributed by atoms with Gasteiger partial charge in [0, 0.05) is 5.56 Å². The van der Waals surface area contributed by atoms with Crippen molar-refractivity contribution < 1.29 is 17.9 Å². The van der Waals surface area contributed by atoms with Crippen LogP contribution in [0.15, 0.2) is 30.6 Å². The topological polar surface area (TPSA) is 52.8 Å². The highest BCUT2D eigenvalue weighted by Crippen LogP contribution is 2.30. The number of fused-ring (bicyclic) bond motifs is 1. The van der Waals surface area contributed by atoms with Crippen molar-refractivity contribution >= 4 is 22.8 Å². The van der Waals surface area contributed by atoms with Gasteiger partial charge in [-0.2, -0.15) is 13.2 Å². The van der Waals surface area contributed by atoms with Crippen molar-refractivity contribution in [1.82, 2.24) is 19.5 Å². The summed E-state index contributed by atoms with van der Waals surface area (Å²) in [5.74, 6) is -0.678. The number of methoxy groups -OCH3 is 1. The number of rotatable bonds is 3. The monoisotopic (exact) mass is 342 g/mol. The third-order valence-electron chi connectivity index (χ3n) is 3.21. The molecule has 5 nitrogen and oxygen atoms in total. The number of hydrogen-bond acceptors (Lipinski definition) is 4. The Hall–Kier alpha value is -2.35. The average molecular weight is 343 g/mol. The Kier molecular flexibility index (Phi) is 3.85. The second-order valence-electron chi connectivity index (χ2n) is 4.69. The number of para-hydroxylation sites is 1. The number of alkyl halides is 3. The molecule has 0 radical (unpaired) electrons. The first-order chi connectivity index (χ1) is 10.9. The summed E-state index contributed by atoms with van der Waals surface area (Å²) in [5, 5.41) is -0.332. The lowest BCUT2D eigenvalue weighted by Gasteiger charge is -2.10. The zero-order chi connectivity index (χ0) is 16.6. The molecule has 2 heterocycles. The molecule has 0 unspecified atom stereocenters. The number of benzene rings is 1. The summed E-state index contributed by atoms with van der Waals surface area (Å²) >= 11 is 5.79. The second kappa shape index (κ2) is 5.69. The first kappa shape index (κ1) is 15.5. The van der Waals surface area contributed by atoms with E-state index in [1.807, 2.05) is 0 Å². The van der Waals surface area contributed by atoms with Crippen LogP contribution >= 0.6 is 11.6 Å². The van der Waals surface area contributed by atoms with Crippen LogP contribution < -0.4 is 4.74 Å². The van der Waals surface area contributed by atoms with Gasteiger partial charge >= 0.3 is 6.18 Å². The smallest absolute Gasteiger partial charge is 0.451 e. The van der Waals surface area contributed by atoms with Gasteiger partial charge in [-0.3, -0.25) is 0 Å². The Morgan fingerprint density at radius 2 is 1.96 bits per heavy atom.